The van der Waals surface area contributed by atoms with Crippen molar-refractivity contribution in [3.63, 3.8) is 0 Å². The van der Waals surface area contributed by atoms with Gasteiger partial charge in [0.2, 0.25) is 0 Å². The Bertz CT molecular complexity index is 410. The highest BCUT2D eigenvalue weighted by molar-refractivity contribution is 7.97. The first-order valence-electron chi connectivity index (χ1n) is 8.83. The average molecular weight is 373 g/mol. The van der Waals surface area contributed by atoms with Gasteiger partial charge in [0.1, 0.15) is 5.75 Å². The molecular formula is C19H36N2OS2. The predicted molar refractivity (Wildman–Crippen MR) is 112 cm³/mol. The van der Waals surface area contributed by atoms with Gasteiger partial charge in [0.25, 0.3) is 0 Å². The second-order valence-electron chi connectivity index (χ2n) is 6.09. The van der Waals surface area contributed by atoms with Gasteiger partial charge in [0, 0.05) is 24.5 Å². The summed E-state index contributed by atoms with van der Waals surface area (Å²) >= 11 is 3.54. The topological polar surface area (TPSA) is 24.5 Å². The van der Waals surface area contributed by atoms with Gasteiger partial charge in [-0.3, -0.25) is 4.72 Å². The van der Waals surface area contributed by atoms with Crippen molar-refractivity contribution in [3.05, 3.63) is 24.3 Å². The summed E-state index contributed by atoms with van der Waals surface area (Å²) in [5.74, 6) is 0.911. The molecule has 0 fully saturated rings. The van der Waals surface area contributed by atoms with Gasteiger partial charge < -0.3 is 4.74 Å². The Kier molecular flexibility index (Phi) is 13.7. The largest absolute Gasteiger partial charge is 0.497 e. The lowest BCUT2D eigenvalue weighted by molar-refractivity contribution is 0.256. The number of hydrogen-bond acceptors (Lipinski definition) is 5. The van der Waals surface area contributed by atoms with E-state index in [1.165, 1.54) is 17.7 Å². The molecule has 0 bridgehead atoms. The number of ether oxygens (including phenoxy) is 1. The van der Waals surface area contributed by atoms with Crippen LogP contribution in [0.4, 0.5) is 0 Å². The maximum atomic E-state index is 5.21. The van der Waals surface area contributed by atoms with E-state index in [9.17, 15) is 0 Å². The zero-order valence-corrected chi connectivity index (χ0v) is 18.1. The Morgan fingerprint density at radius 3 is 2.29 bits per heavy atom. The van der Waals surface area contributed by atoms with Crippen LogP contribution in [0, 0.1) is 5.41 Å². The minimum atomic E-state index is 0.329. The third-order valence-corrected chi connectivity index (χ3v) is 5.15. The number of hydrogen-bond donors (Lipinski definition) is 1. The molecule has 0 aliphatic carbocycles. The van der Waals surface area contributed by atoms with Gasteiger partial charge in [-0.25, -0.2) is 4.31 Å². The number of rotatable bonds is 11. The van der Waals surface area contributed by atoms with Crippen LogP contribution in [-0.2, 0) is 0 Å². The minimum absolute atomic E-state index is 0.329. The Balaban J connectivity index is 0.00000254. The van der Waals surface area contributed by atoms with Crippen molar-refractivity contribution < 1.29 is 4.74 Å². The monoisotopic (exact) mass is 372 g/mol. The fraction of sp³-hybridized carbons (Fsp3) is 0.684. The molecule has 1 aromatic carbocycles. The lowest BCUT2D eigenvalue weighted by Crippen LogP contribution is -2.30. The molecule has 0 aliphatic rings. The van der Waals surface area contributed by atoms with Crippen LogP contribution in [0.2, 0.25) is 0 Å². The molecule has 0 aromatic heterocycles. The van der Waals surface area contributed by atoms with E-state index in [-0.39, 0.29) is 0 Å². The molecule has 0 heterocycles. The molecule has 0 aliphatic heterocycles. The van der Waals surface area contributed by atoms with E-state index in [0.717, 1.165) is 25.4 Å². The predicted octanol–water partition coefficient (Wildman–Crippen LogP) is 5.72. The van der Waals surface area contributed by atoms with Crippen molar-refractivity contribution in [1.82, 2.24) is 9.03 Å². The zero-order valence-electron chi connectivity index (χ0n) is 16.5. The van der Waals surface area contributed by atoms with Crippen LogP contribution in [-0.4, -0.2) is 37.3 Å². The lowest BCUT2D eigenvalue weighted by Gasteiger charge is -2.31. The Hall–Kier alpha value is -0.360. The molecule has 5 heteroatoms. The van der Waals surface area contributed by atoms with E-state index in [0.29, 0.717) is 5.41 Å². The van der Waals surface area contributed by atoms with E-state index in [4.69, 9.17) is 4.74 Å². The van der Waals surface area contributed by atoms with Crippen molar-refractivity contribution in [2.24, 2.45) is 5.41 Å². The first-order chi connectivity index (χ1) is 11.5. The quantitative estimate of drug-likeness (QED) is 0.395. The second-order valence-corrected chi connectivity index (χ2v) is 7.96. The molecule has 0 radical (unpaired) electrons. The molecule has 140 valence electrons. The zero-order chi connectivity index (χ0) is 18.4. The molecular weight excluding hydrogens is 336 g/mol. The van der Waals surface area contributed by atoms with Crippen molar-refractivity contribution >= 4 is 23.9 Å². The van der Waals surface area contributed by atoms with E-state index >= 15 is 0 Å². The first kappa shape index (κ1) is 23.6. The van der Waals surface area contributed by atoms with Crippen LogP contribution in [0.5, 0.6) is 5.75 Å². The average Bonchev–Trinajstić information content (AvgIpc) is 2.60. The van der Waals surface area contributed by atoms with E-state index in [1.54, 1.807) is 19.1 Å². The summed E-state index contributed by atoms with van der Waals surface area (Å²) in [6, 6.07) is 8.30. The summed E-state index contributed by atoms with van der Waals surface area (Å²) in [5.41, 5.74) is 0.329. The Labute approximate surface area is 158 Å². The molecule has 1 rings (SSSR count). The summed E-state index contributed by atoms with van der Waals surface area (Å²) in [4.78, 5) is 1.27. The molecule has 0 unspecified atom stereocenters. The SMILES string of the molecule is CC.CCN(CC(C)(C)CCCNSC)Sc1ccc(OC)cc1. The molecule has 1 N–H and O–H groups in total. The second kappa shape index (κ2) is 13.9. The molecule has 0 atom stereocenters. The van der Waals surface area contributed by atoms with Crippen LogP contribution in [0.15, 0.2) is 29.2 Å². The van der Waals surface area contributed by atoms with Crippen LogP contribution in [0.1, 0.15) is 47.5 Å². The van der Waals surface area contributed by atoms with Gasteiger partial charge in [0.15, 0.2) is 0 Å². The van der Waals surface area contributed by atoms with Crippen molar-refractivity contribution in [2.45, 2.75) is 52.4 Å². The van der Waals surface area contributed by atoms with Crippen molar-refractivity contribution in [2.75, 3.05) is 33.0 Å². The maximum absolute atomic E-state index is 5.21. The van der Waals surface area contributed by atoms with Gasteiger partial charge in [-0.15, -0.1) is 0 Å². The fourth-order valence-electron chi connectivity index (χ4n) is 2.29. The highest BCUT2D eigenvalue weighted by Crippen LogP contribution is 2.30. The summed E-state index contributed by atoms with van der Waals surface area (Å²) in [7, 11) is 1.70. The normalized spacial score (nSPS) is 11.2. The molecule has 1 aromatic rings. The van der Waals surface area contributed by atoms with E-state index in [1.807, 2.05) is 37.9 Å². The number of nitrogens with one attached hydrogen (secondary N) is 1. The van der Waals surface area contributed by atoms with E-state index in [2.05, 4.69) is 48.2 Å². The molecule has 0 saturated carbocycles. The van der Waals surface area contributed by atoms with Crippen LogP contribution in [0.3, 0.4) is 0 Å². The van der Waals surface area contributed by atoms with E-state index < -0.39 is 0 Å². The summed E-state index contributed by atoms with van der Waals surface area (Å²) in [6.45, 7) is 14.2. The van der Waals surface area contributed by atoms with Crippen LogP contribution >= 0.6 is 23.9 Å². The minimum Gasteiger partial charge on any atom is -0.497 e. The molecule has 24 heavy (non-hydrogen) atoms. The third kappa shape index (κ3) is 10.5. The first-order valence-corrected chi connectivity index (χ1v) is 10.8. The number of benzene rings is 1. The smallest absolute Gasteiger partial charge is 0.118 e. The number of nitrogens with zero attached hydrogens (tertiary/aromatic N) is 1. The molecule has 0 amide bonds. The Morgan fingerprint density at radius 2 is 1.79 bits per heavy atom. The van der Waals surface area contributed by atoms with Gasteiger partial charge in [-0.1, -0.05) is 46.6 Å². The van der Waals surface area contributed by atoms with Crippen LogP contribution in [0.25, 0.3) is 0 Å². The van der Waals surface area contributed by atoms with Gasteiger partial charge >= 0.3 is 0 Å². The highest BCUT2D eigenvalue weighted by Gasteiger charge is 2.21. The Morgan fingerprint density at radius 1 is 1.17 bits per heavy atom. The van der Waals surface area contributed by atoms with Crippen LogP contribution < -0.4 is 9.46 Å². The van der Waals surface area contributed by atoms with Crippen molar-refractivity contribution in [1.29, 1.82) is 0 Å². The number of methoxy groups -OCH3 is 1. The standard InChI is InChI=1S/C17H30N2OS2.C2H6/c1-6-19(14-17(2,3)12-7-13-18-21-5)22-16-10-8-15(20-4)9-11-16;1-2/h8-11,18H,6-7,12-14H2,1-5H3;1-2H3. The summed E-state index contributed by atoms with van der Waals surface area (Å²) < 4.78 is 11.0. The third-order valence-electron chi connectivity index (χ3n) is 3.53. The summed E-state index contributed by atoms with van der Waals surface area (Å²) in [6.07, 6.45) is 4.54. The van der Waals surface area contributed by atoms with Crippen molar-refractivity contribution in [3.8, 4) is 5.75 Å². The highest BCUT2D eigenvalue weighted by atomic mass is 32.2. The molecule has 0 saturated heterocycles. The fourth-order valence-corrected chi connectivity index (χ4v) is 3.74. The molecule has 0 spiro atoms. The summed E-state index contributed by atoms with van der Waals surface area (Å²) in [5, 5.41) is 0. The van der Waals surface area contributed by atoms with Gasteiger partial charge in [-0.2, -0.15) is 0 Å². The molecule has 3 nitrogen and oxygen atoms in total. The lowest BCUT2D eigenvalue weighted by atomic mass is 9.88. The van der Waals surface area contributed by atoms with Gasteiger partial charge in [-0.05, 0) is 60.7 Å². The maximum Gasteiger partial charge on any atom is 0.118 e. The van der Waals surface area contributed by atoms with Gasteiger partial charge in [0.05, 0.1) is 7.11 Å².